The second-order valence-corrected chi connectivity index (χ2v) is 28.1. The molecule has 83 heavy (non-hydrogen) atoms. The van der Waals surface area contributed by atoms with E-state index in [1.165, 1.54) is 174 Å². The molecule has 0 spiro atoms. The number of rotatable bonds is 10. The van der Waals surface area contributed by atoms with Crippen LogP contribution in [0.15, 0.2) is 273 Å². The van der Waals surface area contributed by atoms with Gasteiger partial charge < -0.3 is 9.47 Å². The molecule has 16 rings (SSSR count). The maximum atomic E-state index is 2.70. The largest absolute Gasteiger partial charge is 0.311 e. The van der Waals surface area contributed by atoms with Gasteiger partial charge in [-0.3, -0.25) is 0 Å². The van der Waals surface area contributed by atoms with Crippen LogP contribution in [0.5, 0.6) is 0 Å². The van der Waals surface area contributed by atoms with Crippen molar-refractivity contribution in [3.63, 3.8) is 0 Å². The summed E-state index contributed by atoms with van der Waals surface area (Å²) in [5.74, 6) is 1.26. The quantitative estimate of drug-likeness (QED) is 0.0979. The third kappa shape index (κ3) is 7.89. The molecule has 0 unspecified atom stereocenters. The summed E-state index contributed by atoms with van der Waals surface area (Å²) in [6.07, 6.45) is 13.2. The average Bonchev–Trinajstić information content (AvgIpc) is 1.32. The predicted molar refractivity (Wildman–Crippen MR) is 354 cm³/mol. The van der Waals surface area contributed by atoms with E-state index in [9.17, 15) is 0 Å². The first kappa shape index (κ1) is 50.1. The molecule has 2 aliphatic carbocycles. The van der Waals surface area contributed by atoms with E-state index in [1.54, 1.807) is 0 Å². The lowest BCUT2D eigenvalue weighted by Crippen LogP contribution is -2.75. The fourth-order valence-corrected chi connectivity index (χ4v) is 21.2. The summed E-state index contributed by atoms with van der Waals surface area (Å²) in [4.78, 5) is 2.60. The molecule has 400 valence electrons. The molecule has 0 saturated heterocycles. The first-order valence-electron chi connectivity index (χ1n) is 30.8. The van der Waals surface area contributed by atoms with Gasteiger partial charge in [0.2, 0.25) is 6.71 Å². The van der Waals surface area contributed by atoms with Gasteiger partial charge in [-0.25, -0.2) is 0 Å². The van der Waals surface area contributed by atoms with E-state index in [1.807, 2.05) is 0 Å². The lowest BCUT2D eigenvalue weighted by Gasteiger charge is -2.49. The van der Waals surface area contributed by atoms with Crippen LogP contribution in [0.3, 0.4) is 0 Å². The van der Waals surface area contributed by atoms with E-state index >= 15 is 0 Å². The fraction of sp³-hybridized carbons (Fsp3) is 0.165. The monoisotopic (exact) mass is 1080 g/mol. The summed E-state index contributed by atoms with van der Waals surface area (Å²) < 4.78 is 2.60. The highest BCUT2D eigenvalue weighted by Gasteiger charge is 2.53. The molecule has 1 aromatic heterocycles. The van der Waals surface area contributed by atoms with E-state index in [2.05, 4.69) is 282 Å². The number of anilines is 3. The Morgan fingerprint density at radius 3 is 1.35 bits per heavy atom. The van der Waals surface area contributed by atoms with Crippen molar-refractivity contribution in [2.75, 3.05) is 4.90 Å². The highest BCUT2D eigenvalue weighted by atomic mass is 28.3. The normalized spacial score (nSPS) is 15.9. The van der Waals surface area contributed by atoms with Gasteiger partial charge in [-0.1, -0.05) is 262 Å². The summed E-state index contributed by atoms with van der Waals surface area (Å²) in [6.45, 7) is -0.0645. The third-order valence-electron chi connectivity index (χ3n) is 20.1. The van der Waals surface area contributed by atoms with Gasteiger partial charge in [0.1, 0.15) is 0 Å². The minimum atomic E-state index is -2.99. The number of aromatic nitrogens is 1. The second kappa shape index (κ2) is 20.6. The molecule has 0 bridgehead atoms. The summed E-state index contributed by atoms with van der Waals surface area (Å²) in [5, 5.41) is 8.27. The fourth-order valence-electron chi connectivity index (χ4n) is 16.4. The van der Waals surface area contributed by atoms with Crippen LogP contribution in [-0.2, 0) is 5.41 Å². The molecule has 0 N–H and O–H groups in total. The Kier molecular flexibility index (Phi) is 12.4. The van der Waals surface area contributed by atoms with Crippen LogP contribution in [0.1, 0.15) is 109 Å². The number of fused-ring (bicyclic) bond motifs is 7. The number of nitrogens with zero attached hydrogens (tertiary/aromatic N) is 2. The van der Waals surface area contributed by atoms with E-state index < -0.39 is 13.5 Å². The van der Waals surface area contributed by atoms with Crippen molar-refractivity contribution in [3.05, 3.63) is 306 Å². The van der Waals surface area contributed by atoms with Gasteiger partial charge in [-0.2, -0.15) is 0 Å². The highest BCUT2D eigenvalue weighted by molar-refractivity contribution is 7.20. The van der Waals surface area contributed by atoms with E-state index in [4.69, 9.17) is 0 Å². The number of hydrogen-bond acceptors (Lipinski definition) is 1. The molecule has 2 saturated carbocycles. The molecule has 2 aliphatic heterocycles. The molecule has 0 radical (unpaired) electrons. The van der Waals surface area contributed by atoms with Crippen molar-refractivity contribution in [2.24, 2.45) is 0 Å². The molecule has 4 aliphatic rings. The molecular formula is C79H67BN2Si. The molecule has 2 nitrogen and oxygen atoms in total. The smallest absolute Gasteiger partial charge is 0.247 e. The first-order valence-corrected chi connectivity index (χ1v) is 32.8. The Labute approximate surface area is 490 Å². The van der Waals surface area contributed by atoms with Crippen molar-refractivity contribution >= 4 is 90.8 Å². The van der Waals surface area contributed by atoms with Gasteiger partial charge in [-0.05, 0) is 157 Å². The van der Waals surface area contributed by atoms with E-state index in [-0.39, 0.29) is 6.71 Å². The van der Waals surface area contributed by atoms with Gasteiger partial charge in [0.25, 0.3) is 0 Å². The topological polar surface area (TPSA) is 8.17 Å². The molecule has 3 heterocycles. The predicted octanol–water partition coefficient (Wildman–Crippen LogP) is 15.3. The van der Waals surface area contributed by atoms with Crippen molar-refractivity contribution < 1.29 is 0 Å². The van der Waals surface area contributed by atoms with Crippen LogP contribution in [0.25, 0.3) is 27.5 Å². The number of hydrogen-bond donors (Lipinski definition) is 0. The summed E-state index contributed by atoms with van der Waals surface area (Å²) in [7, 11) is -2.99. The zero-order valence-electron chi connectivity index (χ0n) is 47.2. The van der Waals surface area contributed by atoms with Crippen molar-refractivity contribution in [1.82, 2.24) is 4.57 Å². The minimum absolute atomic E-state index is 0.0645. The zero-order chi connectivity index (χ0) is 54.9. The van der Waals surface area contributed by atoms with E-state index in [0.29, 0.717) is 11.8 Å². The van der Waals surface area contributed by atoms with Crippen LogP contribution in [0, 0.1) is 0 Å². The summed E-state index contributed by atoms with van der Waals surface area (Å²) >= 11 is 0. The Morgan fingerprint density at radius 1 is 0.349 bits per heavy atom. The SMILES string of the molecule is c1ccc(N2c3cc(-n4c5ccc(C6CCCCC6)cc5c5cc(C6CCCCC6)ccc54)ccc3B3c4ccc([Si](c5ccccc5)(c5ccccc5)c5ccccc5)cc4C(c4ccccc4)(c4ccccc4)c4cccc2c43)cc1. The molecule has 12 aromatic rings. The lowest BCUT2D eigenvalue weighted by atomic mass is 9.29. The van der Waals surface area contributed by atoms with Crippen molar-refractivity contribution in [3.8, 4) is 5.69 Å². The van der Waals surface area contributed by atoms with Gasteiger partial charge in [0.05, 0.1) is 16.4 Å². The van der Waals surface area contributed by atoms with Crippen molar-refractivity contribution in [2.45, 2.75) is 81.5 Å². The van der Waals surface area contributed by atoms with Gasteiger partial charge in [0.15, 0.2) is 8.07 Å². The van der Waals surface area contributed by atoms with Crippen LogP contribution >= 0.6 is 0 Å². The number of para-hydroxylation sites is 1. The van der Waals surface area contributed by atoms with E-state index in [0.717, 1.165) is 5.69 Å². The van der Waals surface area contributed by atoms with Gasteiger partial charge >= 0.3 is 0 Å². The molecule has 0 atom stereocenters. The third-order valence-corrected chi connectivity index (χ3v) is 24.8. The maximum Gasteiger partial charge on any atom is 0.247 e. The van der Waals surface area contributed by atoms with Crippen LogP contribution in [0.2, 0.25) is 0 Å². The molecular weight excluding hydrogens is 1020 g/mol. The Morgan fingerprint density at radius 2 is 0.831 bits per heavy atom. The molecule has 0 amide bonds. The summed E-state index contributed by atoms with van der Waals surface area (Å²) in [6, 6.07) is 106. The average molecular weight is 1080 g/mol. The van der Waals surface area contributed by atoms with Gasteiger partial charge in [0, 0.05) is 33.5 Å². The Hall–Kier alpha value is -8.70. The molecule has 11 aromatic carbocycles. The van der Waals surface area contributed by atoms with Crippen LogP contribution in [-0.4, -0.2) is 19.4 Å². The van der Waals surface area contributed by atoms with Crippen LogP contribution < -0.4 is 42.0 Å². The molecule has 2 fully saturated rings. The Bertz CT molecular complexity index is 4130. The Balaban J connectivity index is 0.982. The second-order valence-electron chi connectivity index (χ2n) is 24.3. The van der Waals surface area contributed by atoms with Crippen LogP contribution in [0.4, 0.5) is 17.1 Å². The lowest BCUT2D eigenvalue weighted by molar-refractivity contribution is 0.444. The van der Waals surface area contributed by atoms with Crippen molar-refractivity contribution in [1.29, 1.82) is 0 Å². The first-order chi connectivity index (χ1) is 41.2. The van der Waals surface area contributed by atoms with Gasteiger partial charge in [-0.15, -0.1) is 0 Å². The number of benzene rings is 11. The summed E-state index contributed by atoms with van der Waals surface area (Å²) in [5.41, 5.74) is 19.0. The standard InChI is InChI=1S/C79H67BN2Si/c1-9-26-56(27-10-1)58-44-50-74-68(52-58)69-53-59(57-28-11-2-12-29-57)45-51-75(69)82(74)63-46-48-73-77(54-63)81(62-34-17-5-18-35-62)76-43-25-42-70-78(76)80(73)72-49-47-67(55-71(72)79(70,60-30-13-3-14-31-60)61-32-15-4-16-33-61)83(64-36-19-6-20-37-64,65-38-21-7-22-39-65)66-40-23-8-24-41-66/h3-8,13-25,30-57H,1-2,9-12,26-29H2. The zero-order valence-corrected chi connectivity index (χ0v) is 48.2. The highest BCUT2D eigenvalue weighted by Crippen LogP contribution is 2.50. The molecule has 4 heteroatoms. The maximum absolute atomic E-state index is 2.99. The minimum Gasteiger partial charge on any atom is -0.311 e.